The van der Waals surface area contributed by atoms with Crippen LogP contribution in [0, 0.1) is 0 Å². The molecular formula is C10H18N4O. The Morgan fingerprint density at radius 1 is 1.53 bits per heavy atom. The highest BCUT2D eigenvalue weighted by Crippen LogP contribution is 2.22. The molecule has 0 aromatic carbocycles. The van der Waals surface area contributed by atoms with Crippen molar-refractivity contribution in [2.45, 2.75) is 12.1 Å². The van der Waals surface area contributed by atoms with Crippen molar-refractivity contribution in [3.63, 3.8) is 0 Å². The highest BCUT2D eigenvalue weighted by Gasteiger charge is 2.33. The topological polar surface area (TPSA) is 56.3 Å². The van der Waals surface area contributed by atoms with Crippen LogP contribution in [0.25, 0.3) is 0 Å². The molecule has 1 aromatic rings. The lowest BCUT2D eigenvalue weighted by molar-refractivity contribution is 0.0783. The Morgan fingerprint density at radius 2 is 2.40 bits per heavy atom. The molecule has 0 radical (unpaired) electrons. The number of ether oxygens (including phenoxy) is 1. The molecule has 2 N–H and O–H groups in total. The van der Waals surface area contributed by atoms with E-state index in [0.29, 0.717) is 12.6 Å². The molecule has 0 amide bonds. The standard InChI is InChI=1S/C10H18N4O/c1-15-10-8-13(6-3-11)7-9(10)14-5-2-4-12-14/h2,4-5,9-10H,3,6-8,11H2,1H3/t9-,10+/m1/s1. The third kappa shape index (κ3) is 2.19. The van der Waals surface area contributed by atoms with E-state index in [4.69, 9.17) is 10.5 Å². The summed E-state index contributed by atoms with van der Waals surface area (Å²) in [6.45, 7) is 3.54. The molecule has 5 heteroatoms. The monoisotopic (exact) mass is 210 g/mol. The van der Waals surface area contributed by atoms with Crippen LogP contribution in [0.15, 0.2) is 18.5 Å². The molecule has 2 heterocycles. The molecule has 1 fully saturated rings. The summed E-state index contributed by atoms with van der Waals surface area (Å²) in [6, 6.07) is 2.26. The van der Waals surface area contributed by atoms with E-state index in [1.807, 2.05) is 16.9 Å². The van der Waals surface area contributed by atoms with Gasteiger partial charge in [0.1, 0.15) is 0 Å². The molecule has 0 spiro atoms. The molecule has 1 saturated heterocycles. The molecule has 2 atom stereocenters. The van der Waals surface area contributed by atoms with Gasteiger partial charge in [0.25, 0.3) is 0 Å². The van der Waals surface area contributed by atoms with E-state index in [-0.39, 0.29) is 6.10 Å². The fraction of sp³-hybridized carbons (Fsp3) is 0.700. The van der Waals surface area contributed by atoms with E-state index < -0.39 is 0 Å². The summed E-state index contributed by atoms with van der Waals surface area (Å²) in [4.78, 5) is 2.32. The number of likely N-dealkylation sites (tertiary alicyclic amines) is 1. The minimum atomic E-state index is 0.219. The maximum absolute atomic E-state index is 5.55. The zero-order valence-electron chi connectivity index (χ0n) is 9.04. The number of methoxy groups -OCH3 is 1. The largest absolute Gasteiger partial charge is 0.378 e. The van der Waals surface area contributed by atoms with Gasteiger partial charge in [0.2, 0.25) is 0 Å². The minimum absolute atomic E-state index is 0.219. The van der Waals surface area contributed by atoms with Gasteiger partial charge in [0, 0.05) is 45.7 Å². The first-order valence-corrected chi connectivity index (χ1v) is 5.29. The summed E-state index contributed by atoms with van der Waals surface area (Å²) in [7, 11) is 1.76. The van der Waals surface area contributed by atoms with Crippen molar-refractivity contribution in [3.8, 4) is 0 Å². The Labute approximate surface area is 89.8 Å². The third-order valence-electron chi connectivity index (χ3n) is 2.93. The van der Waals surface area contributed by atoms with Crippen molar-refractivity contribution in [3.05, 3.63) is 18.5 Å². The van der Waals surface area contributed by atoms with Gasteiger partial charge in [0.05, 0.1) is 12.1 Å². The van der Waals surface area contributed by atoms with E-state index in [1.54, 1.807) is 13.3 Å². The molecule has 84 valence electrons. The van der Waals surface area contributed by atoms with Gasteiger partial charge in [-0.15, -0.1) is 0 Å². The Hall–Kier alpha value is -0.910. The number of nitrogens with two attached hydrogens (primary N) is 1. The maximum Gasteiger partial charge on any atom is 0.0934 e. The second-order valence-corrected chi connectivity index (χ2v) is 3.88. The lowest BCUT2D eigenvalue weighted by Gasteiger charge is -2.16. The van der Waals surface area contributed by atoms with Crippen LogP contribution in [0.1, 0.15) is 6.04 Å². The third-order valence-corrected chi connectivity index (χ3v) is 2.93. The van der Waals surface area contributed by atoms with Gasteiger partial charge in [-0.3, -0.25) is 9.58 Å². The van der Waals surface area contributed by atoms with Crippen LogP contribution in [0.4, 0.5) is 0 Å². The van der Waals surface area contributed by atoms with Crippen molar-refractivity contribution in [1.82, 2.24) is 14.7 Å². The molecule has 1 aliphatic heterocycles. The van der Waals surface area contributed by atoms with Crippen LogP contribution in [-0.2, 0) is 4.74 Å². The van der Waals surface area contributed by atoms with Gasteiger partial charge in [0.15, 0.2) is 0 Å². The number of aromatic nitrogens is 2. The predicted molar refractivity (Wildman–Crippen MR) is 57.6 cm³/mol. The molecule has 0 saturated carbocycles. The Kier molecular flexibility index (Phi) is 3.35. The van der Waals surface area contributed by atoms with Crippen LogP contribution in [0.5, 0.6) is 0 Å². The second kappa shape index (κ2) is 4.74. The Balaban J connectivity index is 2.04. The SMILES string of the molecule is CO[C@H]1CN(CCN)C[C@H]1n1cccn1. The number of hydrogen-bond donors (Lipinski definition) is 1. The summed E-state index contributed by atoms with van der Waals surface area (Å²) in [5.74, 6) is 0. The number of rotatable bonds is 4. The lowest BCUT2D eigenvalue weighted by Crippen LogP contribution is -2.28. The minimum Gasteiger partial charge on any atom is -0.378 e. The quantitative estimate of drug-likeness (QED) is 0.742. The van der Waals surface area contributed by atoms with Gasteiger partial charge >= 0.3 is 0 Å². The lowest BCUT2D eigenvalue weighted by atomic mass is 10.2. The highest BCUT2D eigenvalue weighted by molar-refractivity contribution is 4.92. The Bertz CT molecular complexity index is 288. The normalized spacial score (nSPS) is 27.3. The number of nitrogens with zero attached hydrogens (tertiary/aromatic N) is 3. The van der Waals surface area contributed by atoms with Crippen molar-refractivity contribution < 1.29 is 4.74 Å². The first-order chi connectivity index (χ1) is 7.35. The average Bonchev–Trinajstić information content (AvgIpc) is 2.84. The fourth-order valence-electron chi connectivity index (χ4n) is 2.16. The second-order valence-electron chi connectivity index (χ2n) is 3.88. The van der Waals surface area contributed by atoms with Crippen molar-refractivity contribution in [2.75, 3.05) is 33.3 Å². The first-order valence-electron chi connectivity index (χ1n) is 5.29. The van der Waals surface area contributed by atoms with Crippen LogP contribution in [-0.4, -0.2) is 54.1 Å². The fourth-order valence-corrected chi connectivity index (χ4v) is 2.16. The van der Waals surface area contributed by atoms with Gasteiger partial charge in [-0.2, -0.15) is 5.10 Å². The van der Waals surface area contributed by atoms with Crippen LogP contribution in [0.3, 0.4) is 0 Å². The van der Waals surface area contributed by atoms with Crippen molar-refractivity contribution >= 4 is 0 Å². The van der Waals surface area contributed by atoms with Gasteiger partial charge in [-0.1, -0.05) is 0 Å². The summed E-state index contributed by atoms with van der Waals surface area (Å²) in [5, 5.41) is 4.27. The molecule has 1 aliphatic rings. The predicted octanol–water partition coefficient (Wildman–Crippen LogP) is -0.286. The molecule has 2 rings (SSSR count). The van der Waals surface area contributed by atoms with Crippen LogP contribution >= 0.6 is 0 Å². The van der Waals surface area contributed by atoms with E-state index in [1.165, 1.54) is 0 Å². The average molecular weight is 210 g/mol. The molecule has 0 bridgehead atoms. The zero-order valence-corrected chi connectivity index (χ0v) is 9.04. The highest BCUT2D eigenvalue weighted by atomic mass is 16.5. The summed E-state index contributed by atoms with van der Waals surface area (Å²) < 4.78 is 7.46. The van der Waals surface area contributed by atoms with Crippen molar-refractivity contribution in [1.29, 1.82) is 0 Å². The van der Waals surface area contributed by atoms with Gasteiger partial charge in [-0.25, -0.2) is 0 Å². The van der Waals surface area contributed by atoms with Crippen LogP contribution < -0.4 is 5.73 Å². The molecule has 15 heavy (non-hydrogen) atoms. The van der Waals surface area contributed by atoms with E-state index in [0.717, 1.165) is 19.6 Å². The van der Waals surface area contributed by atoms with Crippen LogP contribution in [0.2, 0.25) is 0 Å². The summed E-state index contributed by atoms with van der Waals surface area (Å²) >= 11 is 0. The molecule has 1 aromatic heterocycles. The van der Waals surface area contributed by atoms with E-state index >= 15 is 0 Å². The smallest absolute Gasteiger partial charge is 0.0934 e. The van der Waals surface area contributed by atoms with Crippen molar-refractivity contribution in [2.24, 2.45) is 5.73 Å². The summed E-state index contributed by atoms with van der Waals surface area (Å²) in [6.07, 6.45) is 4.01. The first kappa shape index (κ1) is 10.6. The Morgan fingerprint density at radius 3 is 3.00 bits per heavy atom. The van der Waals surface area contributed by atoms with E-state index in [2.05, 4.69) is 10.00 Å². The molecule has 0 aliphatic carbocycles. The zero-order chi connectivity index (χ0) is 10.7. The molecule has 5 nitrogen and oxygen atoms in total. The number of hydrogen-bond acceptors (Lipinski definition) is 4. The van der Waals surface area contributed by atoms with Gasteiger partial charge in [-0.05, 0) is 6.07 Å². The maximum atomic E-state index is 5.55. The molecular weight excluding hydrogens is 192 g/mol. The van der Waals surface area contributed by atoms with Gasteiger partial charge < -0.3 is 10.5 Å². The summed E-state index contributed by atoms with van der Waals surface area (Å²) in [5.41, 5.74) is 5.55. The van der Waals surface area contributed by atoms with E-state index in [9.17, 15) is 0 Å². The molecule has 0 unspecified atom stereocenters.